The molecule has 134 valence electrons. The van der Waals surface area contributed by atoms with Crippen molar-refractivity contribution in [2.24, 2.45) is 0 Å². The molecule has 2 heterocycles. The van der Waals surface area contributed by atoms with E-state index < -0.39 is 0 Å². The van der Waals surface area contributed by atoms with Crippen molar-refractivity contribution in [1.29, 1.82) is 0 Å². The number of hydrogen-bond donors (Lipinski definition) is 0. The molecule has 26 heavy (non-hydrogen) atoms. The number of fused-ring (bicyclic) bond motifs is 3. The number of aryl methyl sites for hydroxylation is 1. The van der Waals surface area contributed by atoms with Gasteiger partial charge < -0.3 is 14.1 Å². The number of anilines is 1. The summed E-state index contributed by atoms with van der Waals surface area (Å²) in [5.74, 6) is 0.761. The maximum absolute atomic E-state index is 12.1. The Labute approximate surface area is 156 Å². The van der Waals surface area contributed by atoms with Gasteiger partial charge in [-0.15, -0.1) is 0 Å². The third kappa shape index (κ3) is 3.06. The van der Waals surface area contributed by atoms with Crippen molar-refractivity contribution in [3.63, 3.8) is 0 Å². The Balaban J connectivity index is 1.81. The standard InChI is InChI=1S/C21H20ClNO3/c1-2-3-6-14-11-20(24)26-21-15(14)9-10-19-16(21)12-23(13-25-19)18-8-5-4-7-17(18)22/h4-5,7-11H,2-3,6,12-13H2,1H3. The molecule has 0 aliphatic carbocycles. The second-order valence-corrected chi connectivity index (χ2v) is 6.94. The SMILES string of the molecule is CCCCc1cc(=O)oc2c3c(ccc12)OCN(c1ccccc1Cl)C3. The lowest BCUT2D eigenvalue weighted by molar-refractivity contribution is 0.289. The Kier molecular flexibility index (Phi) is 4.60. The van der Waals surface area contributed by atoms with Crippen LogP contribution in [0.3, 0.4) is 0 Å². The van der Waals surface area contributed by atoms with Crippen molar-refractivity contribution < 1.29 is 9.15 Å². The Bertz CT molecular complexity index is 1010. The Hall–Kier alpha value is -2.46. The third-order valence-corrected chi connectivity index (χ3v) is 5.10. The summed E-state index contributed by atoms with van der Waals surface area (Å²) >= 11 is 6.34. The molecule has 2 aromatic carbocycles. The summed E-state index contributed by atoms with van der Waals surface area (Å²) in [6, 6.07) is 13.2. The number of benzene rings is 2. The minimum absolute atomic E-state index is 0.313. The number of nitrogens with zero attached hydrogens (tertiary/aromatic N) is 1. The first kappa shape index (κ1) is 17.0. The van der Waals surface area contributed by atoms with E-state index in [4.69, 9.17) is 20.8 Å². The quantitative estimate of drug-likeness (QED) is 0.597. The van der Waals surface area contributed by atoms with Crippen LogP contribution >= 0.6 is 11.6 Å². The number of unbranched alkanes of at least 4 members (excludes halogenated alkanes) is 1. The summed E-state index contributed by atoms with van der Waals surface area (Å²) in [4.78, 5) is 14.2. The van der Waals surface area contributed by atoms with Gasteiger partial charge in [0.15, 0.2) is 6.73 Å². The highest BCUT2D eigenvalue weighted by molar-refractivity contribution is 6.33. The zero-order valence-electron chi connectivity index (χ0n) is 14.6. The Morgan fingerprint density at radius 1 is 1.19 bits per heavy atom. The molecule has 0 N–H and O–H groups in total. The van der Waals surface area contributed by atoms with Crippen LogP contribution in [0.2, 0.25) is 5.02 Å². The van der Waals surface area contributed by atoms with Crippen LogP contribution < -0.4 is 15.3 Å². The summed E-state index contributed by atoms with van der Waals surface area (Å²) in [5, 5.41) is 1.66. The number of rotatable bonds is 4. The van der Waals surface area contributed by atoms with E-state index in [2.05, 4.69) is 6.92 Å². The summed E-state index contributed by atoms with van der Waals surface area (Å²) in [5.41, 5.74) is 3.14. The number of ether oxygens (including phenoxy) is 1. The molecule has 0 fully saturated rings. The van der Waals surface area contributed by atoms with E-state index in [1.165, 1.54) is 0 Å². The molecule has 1 aliphatic heterocycles. The molecule has 5 heteroatoms. The molecule has 0 amide bonds. The van der Waals surface area contributed by atoms with E-state index in [1.54, 1.807) is 6.07 Å². The first-order valence-corrected chi connectivity index (χ1v) is 9.26. The molecule has 0 saturated carbocycles. The van der Waals surface area contributed by atoms with Crippen LogP contribution in [0.1, 0.15) is 30.9 Å². The lowest BCUT2D eigenvalue weighted by Gasteiger charge is -2.31. The Morgan fingerprint density at radius 2 is 2.04 bits per heavy atom. The van der Waals surface area contributed by atoms with Gasteiger partial charge in [0, 0.05) is 11.5 Å². The van der Waals surface area contributed by atoms with E-state index in [0.29, 0.717) is 23.9 Å². The third-order valence-electron chi connectivity index (χ3n) is 4.78. The van der Waals surface area contributed by atoms with E-state index in [0.717, 1.165) is 47.2 Å². The van der Waals surface area contributed by atoms with Crippen molar-refractivity contribution in [1.82, 2.24) is 0 Å². The summed E-state index contributed by atoms with van der Waals surface area (Å²) in [7, 11) is 0. The zero-order chi connectivity index (χ0) is 18.1. The van der Waals surface area contributed by atoms with Gasteiger partial charge in [0.2, 0.25) is 0 Å². The molecular formula is C21H20ClNO3. The van der Waals surface area contributed by atoms with Crippen LogP contribution in [-0.4, -0.2) is 6.73 Å². The first-order valence-electron chi connectivity index (χ1n) is 8.88. The smallest absolute Gasteiger partial charge is 0.336 e. The van der Waals surface area contributed by atoms with Crippen LogP contribution in [0, 0.1) is 0 Å². The largest absolute Gasteiger partial charge is 0.473 e. The molecule has 0 unspecified atom stereocenters. The molecule has 1 aromatic heterocycles. The molecule has 0 spiro atoms. The Morgan fingerprint density at radius 3 is 2.85 bits per heavy atom. The molecule has 4 nitrogen and oxygen atoms in total. The highest BCUT2D eigenvalue weighted by atomic mass is 35.5. The van der Waals surface area contributed by atoms with E-state index in [9.17, 15) is 4.79 Å². The second kappa shape index (κ2) is 7.04. The predicted molar refractivity (Wildman–Crippen MR) is 104 cm³/mol. The summed E-state index contributed by atoms with van der Waals surface area (Å²) < 4.78 is 11.5. The first-order chi connectivity index (χ1) is 12.7. The molecule has 0 saturated heterocycles. The van der Waals surface area contributed by atoms with Crippen molar-refractivity contribution in [3.8, 4) is 5.75 Å². The number of hydrogen-bond acceptors (Lipinski definition) is 4. The minimum atomic E-state index is -0.313. The molecule has 0 radical (unpaired) electrons. The van der Waals surface area contributed by atoms with Gasteiger partial charge >= 0.3 is 5.63 Å². The molecule has 1 aliphatic rings. The monoisotopic (exact) mass is 369 g/mol. The number of para-hydroxylation sites is 1. The minimum Gasteiger partial charge on any atom is -0.473 e. The van der Waals surface area contributed by atoms with Gasteiger partial charge in [0.25, 0.3) is 0 Å². The van der Waals surface area contributed by atoms with Gasteiger partial charge in [-0.25, -0.2) is 4.79 Å². The van der Waals surface area contributed by atoms with Crippen molar-refractivity contribution in [2.45, 2.75) is 32.7 Å². The molecule has 0 bridgehead atoms. The number of halogens is 1. The van der Waals surface area contributed by atoms with Crippen molar-refractivity contribution >= 4 is 28.3 Å². The highest BCUT2D eigenvalue weighted by Crippen LogP contribution is 2.36. The zero-order valence-corrected chi connectivity index (χ0v) is 15.4. The lowest BCUT2D eigenvalue weighted by Crippen LogP contribution is -2.32. The van der Waals surface area contributed by atoms with E-state index in [-0.39, 0.29) is 5.63 Å². The molecule has 4 rings (SSSR count). The predicted octanol–water partition coefficient (Wildman–Crippen LogP) is 5.15. The fourth-order valence-corrected chi connectivity index (χ4v) is 3.69. The maximum Gasteiger partial charge on any atom is 0.336 e. The average molecular weight is 370 g/mol. The second-order valence-electron chi connectivity index (χ2n) is 6.54. The molecular weight excluding hydrogens is 350 g/mol. The van der Waals surface area contributed by atoms with E-state index in [1.807, 2.05) is 41.3 Å². The van der Waals surface area contributed by atoms with Crippen molar-refractivity contribution in [2.75, 3.05) is 11.6 Å². The highest BCUT2D eigenvalue weighted by Gasteiger charge is 2.23. The van der Waals surface area contributed by atoms with Crippen LogP contribution in [0.25, 0.3) is 11.0 Å². The van der Waals surface area contributed by atoms with Gasteiger partial charge in [-0.2, -0.15) is 0 Å². The van der Waals surface area contributed by atoms with Crippen LogP contribution in [0.4, 0.5) is 5.69 Å². The van der Waals surface area contributed by atoms with Crippen LogP contribution in [0.5, 0.6) is 5.75 Å². The van der Waals surface area contributed by atoms with E-state index >= 15 is 0 Å². The molecule has 3 aromatic rings. The maximum atomic E-state index is 12.1. The lowest BCUT2D eigenvalue weighted by atomic mass is 10.0. The summed E-state index contributed by atoms with van der Waals surface area (Å²) in [6.45, 7) is 3.13. The van der Waals surface area contributed by atoms with Gasteiger partial charge in [-0.3, -0.25) is 0 Å². The van der Waals surface area contributed by atoms with Crippen LogP contribution in [0.15, 0.2) is 51.7 Å². The van der Waals surface area contributed by atoms with Crippen molar-refractivity contribution in [3.05, 3.63) is 69.0 Å². The molecule has 0 atom stereocenters. The fraction of sp³-hybridized carbons (Fsp3) is 0.286. The van der Waals surface area contributed by atoms with Gasteiger partial charge in [-0.05, 0) is 42.7 Å². The normalized spacial score (nSPS) is 13.5. The van der Waals surface area contributed by atoms with Crippen LogP contribution in [-0.2, 0) is 13.0 Å². The van der Waals surface area contributed by atoms with Gasteiger partial charge in [0.1, 0.15) is 11.3 Å². The fourth-order valence-electron chi connectivity index (χ4n) is 3.44. The summed E-state index contributed by atoms with van der Waals surface area (Å²) in [6.07, 6.45) is 2.99. The topological polar surface area (TPSA) is 42.7 Å². The van der Waals surface area contributed by atoms with Gasteiger partial charge in [-0.1, -0.05) is 37.1 Å². The van der Waals surface area contributed by atoms with Gasteiger partial charge in [0.05, 0.1) is 22.8 Å². The average Bonchev–Trinajstić information content (AvgIpc) is 2.66.